The van der Waals surface area contributed by atoms with Crippen LogP contribution < -0.4 is 5.32 Å². The lowest BCUT2D eigenvalue weighted by Crippen LogP contribution is -2.36. The average Bonchev–Trinajstić information content (AvgIpc) is 2.15. The molecule has 0 aromatic carbocycles. The summed E-state index contributed by atoms with van der Waals surface area (Å²) < 4.78 is 0. The van der Waals surface area contributed by atoms with Crippen LogP contribution in [0, 0.1) is 17.8 Å². The van der Waals surface area contributed by atoms with Crippen LogP contribution in [0.3, 0.4) is 0 Å². The molecule has 0 radical (unpaired) electrons. The Labute approximate surface area is 108 Å². The predicted octanol–water partition coefficient (Wildman–Crippen LogP) is 4.00. The molecule has 0 unspecified atom stereocenters. The first-order valence-corrected chi connectivity index (χ1v) is 7.13. The van der Waals surface area contributed by atoms with Crippen LogP contribution >= 0.6 is 0 Å². The lowest BCUT2D eigenvalue weighted by Gasteiger charge is -2.20. The van der Waals surface area contributed by atoms with Crippen LogP contribution in [-0.4, -0.2) is 11.9 Å². The van der Waals surface area contributed by atoms with Gasteiger partial charge in [-0.1, -0.05) is 40.5 Å². The normalized spacial score (nSPS) is 11.9. The first-order chi connectivity index (χ1) is 7.82. The lowest BCUT2D eigenvalue weighted by molar-refractivity contribution is -0.126. The Hall–Kier alpha value is -0.530. The molecular weight excluding hydrogens is 210 g/mol. The van der Waals surface area contributed by atoms with Gasteiger partial charge in [-0.3, -0.25) is 4.79 Å². The van der Waals surface area contributed by atoms with Crippen LogP contribution in [0.15, 0.2) is 0 Å². The summed E-state index contributed by atoms with van der Waals surface area (Å²) in [5.74, 6) is 1.83. The van der Waals surface area contributed by atoms with E-state index in [-0.39, 0.29) is 17.9 Å². The van der Waals surface area contributed by atoms with E-state index in [9.17, 15) is 4.79 Å². The molecule has 0 rings (SSSR count). The number of carbonyl (C=O) groups is 1. The number of nitrogens with one attached hydrogen (secondary N) is 1. The van der Waals surface area contributed by atoms with E-state index in [1.807, 2.05) is 13.8 Å². The molecule has 0 atom stereocenters. The third-order valence-electron chi connectivity index (χ3n) is 2.99. The van der Waals surface area contributed by atoms with E-state index >= 15 is 0 Å². The highest BCUT2D eigenvalue weighted by Gasteiger charge is 2.19. The van der Waals surface area contributed by atoms with Crippen LogP contribution in [-0.2, 0) is 4.79 Å². The zero-order valence-corrected chi connectivity index (χ0v) is 12.5. The Morgan fingerprint density at radius 1 is 0.824 bits per heavy atom. The summed E-state index contributed by atoms with van der Waals surface area (Å²) in [5, 5.41) is 3.05. The maximum atomic E-state index is 12.1. The van der Waals surface area contributed by atoms with Crippen LogP contribution in [0.25, 0.3) is 0 Å². The summed E-state index contributed by atoms with van der Waals surface area (Å²) >= 11 is 0. The van der Waals surface area contributed by atoms with Gasteiger partial charge >= 0.3 is 0 Å². The number of carbonyl (C=O) groups excluding carboxylic acids is 1. The molecule has 17 heavy (non-hydrogen) atoms. The van der Waals surface area contributed by atoms with Gasteiger partial charge in [0.05, 0.1) is 0 Å². The van der Waals surface area contributed by atoms with Crippen molar-refractivity contribution in [1.82, 2.24) is 5.32 Å². The molecule has 1 N–H and O–H groups in total. The molecule has 0 bridgehead atoms. The van der Waals surface area contributed by atoms with Crippen molar-refractivity contribution in [3.63, 3.8) is 0 Å². The zero-order valence-electron chi connectivity index (χ0n) is 12.5. The second-order valence-electron chi connectivity index (χ2n) is 6.30. The molecule has 0 aromatic rings. The highest BCUT2D eigenvalue weighted by molar-refractivity contribution is 5.78. The smallest absolute Gasteiger partial charge is 0.223 e. The summed E-state index contributed by atoms with van der Waals surface area (Å²) in [7, 11) is 0. The lowest BCUT2D eigenvalue weighted by atomic mass is 9.90. The van der Waals surface area contributed by atoms with Gasteiger partial charge in [-0.05, 0) is 38.5 Å². The van der Waals surface area contributed by atoms with E-state index in [4.69, 9.17) is 0 Å². The van der Waals surface area contributed by atoms with Crippen molar-refractivity contribution in [1.29, 1.82) is 0 Å². The Kier molecular flexibility index (Phi) is 8.28. The highest BCUT2D eigenvalue weighted by Crippen LogP contribution is 2.20. The molecule has 0 fully saturated rings. The van der Waals surface area contributed by atoms with E-state index in [1.165, 1.54) is 0 Å². The summed E-state index contributed by atoms with van der Waals surface area (Å²) in [4.78, 5) is 12.1. The van der Waals surface area contributed by atoms with Crippen molar-refractivity contribution < 1.29 is 4.79 Å². The Balaban J connectivity index is 4.22. The van der Waals surface area contributed by atoms with Gasteiger partial charge in [0.25, 0.3) is 0 Å². The van der Waals surface area contributed by atoms with E-state index in [0.29, 0.717) is 11.8 Å². The minimum atomic E-state index is 0.210. The molecule has 0 spiro atoms. The number of amides is 1. The number of hydrogen-bond donors (Lipinski definition) is 1. The van der Waals surface area contributed by atoms with E-state index < -0.39 is 0 Å². The van der Waals surface area contributed by atoms with Crippen LogP contribution in [0.1, 0.15) is 67.2 Å². The minimum Gasteiger partial charge on any atom is -0.354 e. The number of hydrogen-bond acceptors (Lipinski definition) is 1. The van der Waals surface area contributed by atoms with Crippen molar-refractivity contribution >= 4 is 5.91 Å². The predicted molar refractivity (Wildman–Crippen MR) is 74.9 cm³/mol. The zero-order chi connectivity index (χ0) is 13.4. The first-order valence-electron chi connectivity index (χ1n) is 7.13. The Morgan fingerprint density at radius 3 is 1.53 bits per heavy atom. The van der Waals surface area contributed by atoms with Gasteiger partial charge in [0, 0.05) is 12.0 Å². The molecule has 0 aliphatic carbocycles. The second kappa shape index (κ2) is 8.54. The quantitative estimate of drug-likeness (QED) is 0.684. The molecular formula is C15H31NO. The molecule has 2 nitrogen and oxygen atoms in total. The molecule has 0 aliphatic rings. The van der Waals surface area contributed by atoms with Crippen molar-refractivity contribution in [3.05, 3.63) is 0 Å². The van der Waals surface area contributed by atoms with Gasteiger partial charge in [0.2, 0.25) is 5.91 Å². The molecule has 102 valence electrons. The third-order valence-corrected chi connectivity index (χ3v) is 2.99. The fourth-order valence-corrected chi connectivity index (χ4v) is 1.88. The third kappa shape index (κ3) is 9.20. The molecule has 0 saturated heterocycles. The number of rotatable bonds is 8. The first kappa shape index (κ1) is 16.5. The van der Waals surface area contributed by atoms with E-state index in [0.717, 1.165) is 25.7 Å². The molecule has 2 heteroatoms. The van der Waals surface area contributed by atoms with Crippen molar-refractivity contribution in [2.24, 2.45) is 17.8 Å². The van der Waals surface area contributed by atoms with Crippen molar-refractivity contribution in [2.45, 2.75) is 73.3 Å². The van der Waals surface area contributed by atoms with Crippen LogP contribution in [0.4, 0.5) is 0 Å². The van der Waals surface area contributed by atoms with Crippen LogP contribution in [0.2, 0.25) is 0 Å². The summed E-state index contributed by atoms with van der Waals surface area (Å²) in [6.07, 6.45) is 4.36. The fourth-order valence-electron chi connectivity index (χ4n) is 1.88. The standard InChI is InChI=1S/C15H31NO/c1-11(2)7-9-14(10-8-12(3)4)15(17)16-13(5)6/h11-14H,7-10H2,1-6H3,(H,16,17). The molecule has 0 heterocycles. The highest BCUT2D eigenvalue weighted by atomic mass is 16.1. The van der Waals surface area contributed by atoms with Gasteiger partial charge in [-0.25, -0.2) is 0 Å². The molecule has 0 aliphatic heterocycles. The molecule has 0 saturated carbocycles. The Bertz CT molecular complexity index is 197. The average molecular weight is 241 g/mol. The Morgan fingerprint density at radius 2 is 1.24 bits per heavy atom. The largest absolute Gasteiger partial charge is 0.354 e. The monoisotopic (exact) mass is 241 g/mol. The van der Waals surface area contributed by atoms with Gasteiger partial charge in [0.1, 0.15) is 0 Å². The summed E-state index contributed by atoms with van der Waals surface area (Å²) in [6, 6.07) is 0.253. The maximum Gasteiger partial charge on any atom is 0.223 e. The topological polar surface area (TPSA) is 29.1 Å². The van der Waals surface area contributed by atoms with Gasteiger partial charge < -0.3 is 5.32 Å². The minimum absolute atomic E-state index is 0.210. The molecule has 1 amide bonds. The summed E-state index contributed by atoms with van der Waals surface area (Å²) in [6.45, 7) is 12.9. The maximum absolute atomic E-state index is 12.1. The van der Waals surface area contributed by atoms with Crippen LogP contribution in [0.5, 0.6) is 0 Å². The fraction of sp³-hybridized carbons (Fsp3) is 0.933. The van der Waals surface area contributed by atoms with Gasteiger partial charge in [0.15, 0.2) is 0 Å². The van der Waals surface area contributed by atoms with E-state index in [1.54, 1.807) is 0 Å². The summed E-state index contributed by atoms with van der Waals surface area (Å²) in [5.41, 5.74) is 0. The SMILES string of the molecule is CC(C)CCC(CCC(C)C)C(=O)NC(C)C. The van der Waals surface area contributed by atoms with Crippen molar-refractivity contribution in [3.8, 4) is 0 Å². The molecule has 0 aromatic heterocycles. The van der Waals surface area contributed by atoms with E-state index in [2.05, 4.69) is 33.0 Å². The van der Waals surface area contributed by atoms with Gasteiger partial charge in [-0.2, -0.15) is 0 Å². The van der Waals surface area contributed by atoms with Gasteiger partial charge in [-0.15, -0.1) is 0 Å². The second-order valence-corrected chi connectivity index (χ2v) is 6.30. The van der Waals surface area contributed by atoms with Crippen molar-refractivity contribution in [2.75, 3.05) is 0 Å².